The van der Waals surface area contributed by atoms with Gasteiger partial charge in [-0.1, -0.05) is 12.1 Å². The Morgan fingerprint density at radius 2 is 1.88 bits per heavy atom. The number of amides is 1. The SMILES string of the molecule is CC1=CN2C=CN(CC3(c4ccc(C(F)(F)F)cc4)CC3)C(=O)C2N1. The first kappa shape index (κ1) is 16.1. The van der Waals surface area contributed by atoms with E-state index in [1.54, 1.807) is 23.2 Å². The first-order chi connectivity index (χ1) is 11.8. The lowest BCUT2D eigenvalue weighted by Gasteiger charge is -2.34. The van der Waals surface area contributed by atoms with Crippen molar-refractivity contribution in [1.29, 1.82) is 0 Å². The van der Waals surface area contributed by atoms with E-state index >= 15 is 0 Å². The molecule has 1 aliphatic carbocycles. The molecule has 1 amide bonds. The second kappa shape index (κ2) is 5.28. The number of benzene rings is 1. The van der Waals surface area contributed by atoms with Gasteiger partial charge in [0.05, 0.1) is 5.56 Å². The highest BCUT2D eigenvalue weighted by molar-refractivity contribution is 5.84. The minimum atomic E-state index is -4.33. The Hall–Kier alpha value is -2.44. The van der Waals surface area contributed by atoms with Crippen molar-refractivity contribution in [2.45, 2.75) is 37.5 Å². The normalized spacial score (nSPS) is 24.1. The molecule has 2 aliphatic heterocycles. The van der Waals surface area contributed by atoms with Crippen LogP contribution in [0.5, 0.6) is 0 Å². The van der Waals surface area contributed by atoms with Crippen molar-refractivity contribution >= 4 is 5.91 Å². The lowest BCUT2D eigenvalue weighted by molar-refractivity contribution is -0.137. The van der Waals surface area contributed by atoms with E-state index in [0.717, 1.165) is 36.2 Å². The van der Waals surface area contributed by atoms with Gasteiger partial charge in [0.15, 0.2) is 6.17 Å². The second-order valence-corrected chi connectivity index (χ2v) is 6.93. The number of fused-ring (bicyclic) bond motifs is 1. The average molecular weight is 349 g/mol. The molecule has 1 fully saturated rings. The smallest absolute Gasteiger partial charge is 0.360 e. The molecule has 1 N–H and O–H groups in total. The van der Waals surface area contributed by atoms with Crippen LogP contribution in [0.1, 0.15) is 30.9 Å². The predicted octanol–water partition coefficient (Wildman–Crippen LogP) is 3.14. The van der Waals surface area contributed by atoms with E-state index in [1.807, 2.05) is 24.2 Å². The molecule has 0 saturated heterocycles. The Bertz CT molecular complexity index is 763. The summed E-state index contributed by atoms with van der Waals surface area (Å²) in [6.07, 6.45) is 2.46. The Morgan fingerprint density at radius 3 is 2.48 bits per heavy atom. The molecule has 2 heterocycles. The lowest BCUT2D eigenvalue weighted by Crippen LogP contribution is -2.52. The van der Waals surface area contributed by atoms with E-state index < -0.39 is 17.9 Å². The molecule has 1 saturated carbocycles. The Morgan fingerprint density at radius 1 is 1.20 bits per heavy atom. The molecule has 0 spiro atoms. The maximum absolute atomic E-state index is 12.7. The van der Waals surface area contributed by atoms with Crippen LogP contribution in [0, 0.1) is 0 Å². The Labute approximate surface area is 143 Å². The third kappa shape index (κ3) is 2.77. The third-order valence-corrected chi connectivity index (χ3v) is 5.09. The molecule has 0 bridgehead atoms. The topological polar surface area (TPSA) is 35.6 Å². The summed E-state index contributed by atoms with van der Waals surface area (Å²) in [6.45, 7) is 2.38. The molecule has 1 unspecified atom stereocenters. The number of nitrogens with one attached hydrogen (secondary N) is 1. The van der Waals surface area contributed by atoms with Gasteiger partial charge in [0.25, 0.3) is 5.91 Å². The average Bonchev–Trinajstić information content (AvgIpc) is 3.24. The summed E-state index contributed by atoms with van der Waals surface area (Å²) in [7, 11) is 0. The molecule has 0 radical (unpaired) electrons. The zero-order chi connectivity index (χ0) is 17.8. The first-order valence-corrected chi connectivity index (χ1v) is 8.18. The van der Waals surface area contributed by atoms with Gasteiger partial charge in [0.2, 0.25) is 0 Å². The molecule has 7 heteroatoms. The fourth-order valence-corrected chi connectivity index (χ4v) is 3.49. The summed E-state index contributed by atoms with van der Waals surface area (Å²) in [5, 5.41) is 3.13. The number of alkyl halides is 3. The Balaban J connectivity index is 1.51. The van der Waals surface area contributed by atoms with Crippen molar-refractivity contribution in [2.75, 3.05) is 6.54 Å². The number of halogens is 3. The van der Waals surface area contributed by atoms with Crippen LogP contribution in [0.4, 0.5) is 13.2 Å². The van der Waals surface area contributed by atoms with Gasteiger partial charge in [-0.25, -0.2) is 0 Å². The number of rotatable bonds is 3. The summed E-state index contributed by atoms with van der Waals surface area (Å²) in [5.74, 6) is -0.0474. The molecule has 4 rings (SSSR count). The fraction of sp³-hybridized carbons (Fsp3) is 0.389. The van der Waals surface area contributed by atoms with E-state index in [-0.39, 0.29) is 11.3 Å². The quantitative estimate of drug-likeness (QED) is 0.911. The van der Waals surface area contributed by atoms with Gasteiger partial charge in [-0.2, -0.15) is 13.2 Å². The number of nitrogens with zero attached hydrogens (tertiary/aromatic N) is 2. The van der Waals surface area contributed by atoms with E-state index in [1.165, 1.54) is 0 Å². The molecule has 132 valence electrons. The van der Waals surface area contributed by atoms with Crippen LogP contribution < -0.4 is 5.32 Å². The van der Waals surface area contributed by atoms with Crippen LogP contribution in [-0.4, -0.2) is 28.4 Å². The minimum Gasteiger partial charge on any atom is -0.360 e. The van der Waals surface area contributed by atoms with Crippen molar-refractivity contribution in [3.05, 3.63) is 59.7 Å². The monoisotopic (exact) mass is 349 g/mol. The molecule has 1 atom stereocenters. The zero-order valence-corrected chi connectivity index (χ0v) is 13.7. The fourth-order valence-electron chi connectivity index (χ4n) is 3.49. The number of carbonyl (C=O) groups is 1. The van der Waals surface area contributed by atoms with Crippen LogP contribution >= 0.6 is 0 Å². The summed E-state index contributed by atoms with van der Waals surface area (Å²) in [4.78, 5) is 16.2. The zero-order valence-electron chi connectivity index (χ0n) is 13.7. The molecular weight excluding hydrogens is 331 g/mol. The van der Waals surface area contributed by atoms with Gasteiger partial charge >= 0.3 is 6.18 Å². The van der Waals surface area contributed by atoms with Crippen molar-refractivity contribution in [3.8, 4) is 0 Å². The van der Waals surface area contributed by atoms with Crippen molar-refractivity contribution < 1.29 is 18.0 Å². The summed E-state index contributed by atoms with van der Waals surface area (Å²) < 4.78 is 38.2. The maximum Gasteiger partial charge on any atom is 0.416 e. The van der Waals surface area contributed by atoms with Gasteiger partial charge in [-0.05, 0) is 37.5 Å². The van der Waals surface area contributed by atoms with Crippen molar-refractivity contribution in [1.82, 2.24) is 15.1 Å². The van der Waals surface area contributed by atoms with Crippen molar-refractivity contribution in [3.63, 3.8) is 0 Å². The van der Waals surface area contributed by atoms with Crippen LogP contribution in [0.15, 0.2) is 48.6 Å². The highest BCUT2D eigenvalue weighted by atomic mass is 19.4. The highest BCUT2D eigenvalue weighted by Gasteiger charge is 2.48. The molecule has 25 heavy (non-hydrogen) atoms. The van der Waals surface area contributed by atoms with Crippen LogP contribution in [0.2, 0.25) is 0 Å². The largest absolute Gasteiger partial charge is 0.416 e. The number of carbonyl (C=O) groups excluding carboxylic acids is 1. The van der Waals surface area contributed by atoms with Crippen LogP contribution in [0.25, 0.3) is 0 Å². The second-order valence-electron chi connectivity index (χ2n) is 6.93. The van der Waals surface area contributed by atoms with E-state index in [4.69, 9.17) is 0 Å². The number of hydrogen-bond donors (Lipinski definition) is 1. The summed E-state index contributed by atoms with van der Waals surface area (Å²) >= 11 is 0. The molecule has 1 aromatic rings. The minimum absolute atomic E-state index is 0.0474. The standard InChI is InChI=1S/C18H18F3N3O/c1-12-10-23-8-9-24(16(25)15(23)22-12)11-17(6-7-17)13-2-4-14(5-3-13)18(19,20)21/h2-5,8-10,15,22H,6-7,11H2,1H3. The van der Waals surface area contributed by atoms with E-state index in [2.05, 4.69) is 5.32 Å². The van der Waals surface area contributed by atoms with Gasteiger partial charge in [0, 0.05) is 36.3 Å². The highest BCUT2D eigenvalue weighted by Crippen LogP contribution is 2.49. The summed E-state index contributed by atoms with van der Waals surface area (Å²) in [6, 6.07) is 5.33. The maximum atomic E-state index is 12.7. The lowest BCUT2D eigenvalue weighted by atomic mass is 9.94. The molecule has 4 nitrogen and oxygen atoms in total. The Kier molecular flexibility index (Phi) is 3.39. The van der Waals surface area contributed by atoms with Gasteiger partial charge < -0.3 is 15.1 Å². The van der Waals surface area contributed by atoms with Crippen LogP contribution in [-0.2, 0) is 16.4 Å². The van der Waals surface area contributed by atoms with E-state index in [0.29, 0.717) is 6.54 Å². The molecule has 1 aromatic carbocycles. The first-order valence-electron chi connectivity index (χ1n) is 8.18. The molecular formula is C18H18F3N3O. The van der Waals surface area contributed by atoms with Gasteiger partial charge in [0.1, 0.15) is 0 Å². The van der Waals surface area contributed by atoms with Crippen molar-refractivity contribution in [2.24, 2.45) is 0 Å². The van der Waals surface area contributed by atoms with Crippen LogP contribution in [0.3, 0.4) is 0 Å². The molecule has 0 aromatic heterocycles. The third-order valence-electron chi connectivity index (χ3n) is 5.09. The number of allylic oxidation sites excluding steroid dienone is 1. The van der Waals surface area contributed by atoms with E-state index in [9.17, 15) is 18.0 Å². The van der Waals surface area contributed by atoms with Gasteiger partial charge in [-0.15, -0.1) is 0 Å². The predicted molar refractivity (Wildman–Crippen MR) is 85.7 cm³/mol. The number of hydrogen-bond acceptors (Lipinski definition) is 3. The summed E-state index contributed by atoms with van der Waals surface area (Å²) in [5.41, 5.74) is 0.896. The van der Waals surface area contributed by atoms with Gasteiger partial charge in [-0.3, -0.25) is 4.79 Å². The molecule has 3 aliphatic rings.